The number of ether oxygens (including phenoxy) is 1. The lowest BCUT2D eigenvalue weighted by Crippen LogP contribution is -2.22. The molecule has 0 spiro atoms. The van der Waals surface area contributed by atoms with Crippen molar-refractivity contribution in [1.29, 1.82) is 0 Å². The van der Waals surface area contributed by atoms with Crippen LogP contribution in [0.2, 0.25) is 10.0 Å². The van der Waals surface area contributed by atoms with Crippen molar-refractivity contribution < 1.29 is 4.74 Å². The normalized spacial score (nSPS) is 10.8. The SMILES string of the molecule is COc1cnccc1P(c1cccc(Cl)c1)c1cccc(Cl)c1. The highest BCUT2D eigenvalue weighted by Crippen LogP contribution is 2.37. The number of methoxy groups -OCH3 is 1. The highest BCUT2D eigenvalue weighted by atomic mass is 35.5. The Morgan fingerprint density at radius 1 is 0.913 bits per heavy atom. The molecule has 5 heteroatoms. The van der Waals surface area contributed by atoms with Crippen LogP contribution in [0.4, 0.5) is 0 Å². The topological polar surface area (TPSA) is 22.1 Å². The lowest BCUT2D eigenvalue weighted by atomic mass is 10.4. The van der Waals surface area contributed by atoms with Gasteiger partial charge in [0.05, 0.1) is 13.3 Å². The second-order valence-electron chi connectivity index (χ2n) is 4.84. The van der Waals surface area contributed by atoms with Crippen molar-refractivity contribution in [2.24, 2.45) is 0 Å². The van der Waals surface area contributed by atoms with E-state index in [0.717, 1.165) is 21.7 Å². The average Bonchev–Trinajstić information content (AvgIpc) is 2.56. The third kappa shape index (κ3) is 3.67. The van der Waals surface area contributed by atoms with Gasteiger partial charge < -0.3 is 4.74 Å². The smallest absolute Gasteiger partial charge is 0.145 e. The molecule has 0 aliphatic heterocycles. The van der Waals surface area contributed by atoms with Crippen molar-refractivity contribution in [1.82, 2.24) is 4.98 Å². The van der Waals surface area contributed by atoms with E-state index < -0.39 is 7.92 Å². The summed E-state index contributed by atoms with van der Waals surface area (Å²) in [5, 5.41) is 4.79. The first-order chi connectivity index (χ1) is 11.2. The Hall–Kier alpha value is -1.60. The molecule has 0 aliphatic carbocycles. The zero-order chi connectivity index (χ0) is 16.2. The van der Waals surface area contributed by atoms with Gasteiger partial charge in [-0.2, -0.15) is 0 Å². The average molecular weight is 362 g/mol. The molecule has 3 aromatic rings. The van der Waals surface area contributed by atoms with E-state index in [2.05, 4.69) is 17.1 Å². The third-order valence-corrected chi connectivity index (χ3v) is 6.27. The van der Waals surface area contributed by atoms with E-state index in [9.17, 15) is 0 Å². The van der Waals surface area contributed by atoms with Crippen LogP contribution in [0.1, 0.15) is 0 Å². The maximum atomic E-state index is 6.21. The Bertz CT molecular complexity index is 780. The van der Waals surface area contributed by atoms with Crippen molar-refractivity contribution in [2.75, 3.05) is 7.11 Å². The summed E-state index contributed by atoms with van der Waals surface area (Å²) < 4.78 is 5.52. The van der Waals surface area contributed by atoms with Gasteiger partial charge in [-0.15, -0.1) is 0 Å². The van der Waals surface area contributed by atoms with Crippen LogP contribution in [0.5, 0.6) is 5.75 Å². The molecule has 3 rings (SSSR count). The van der Waals surface area contributed by atoms with Gasteiger partial charge in [0.15, 0.2) is 0 Å². The molecule has 2 aromatic carbocycles. The van der Waals surface area contributed by atoms with Gasteiger partial charge in [-0.3, -0.25) is 4.98 Å². The molecule has 0 amide bonds. The van der Waals surface area contributed by atoms with Gasteiger partial charge in [-0.05, 0) is 48.9 Å². The van der Waals surface area contributed by atoms with E-state index in [1.165, 1.54) is 0 Å². The van der Waals surface area contributed by atoms with Gasteiger partial charge in [-0.1, -0.05) is 47.5 Å². The van der Waals surface area contributed by atoms with E-state index in [1.54, 1.807) is 19.5 Å². The molecule has 0 bridgehead atoms. The van der Waals surface area contributed by atoms with Crippen LogP contribution in [-0.4, -0.2) is 12.1 Å². The van der Waals surface area contributed by atoms with E-state index >= 15 is 0 Å². The molecule has 0 atom stereocenters. The molecule has 116 valence electrons. The summed E-state index contributed by atoms with van der Waals surface area (Å²) in [7, 11) is 0.818. The maximum absolute atomic E-state index is 6.21. The van der Waals surface area contributed by atoms with Crippen LogP contribution in [0.3, 0.4) is 0 Å². The van der Waals surface area contributed by atoms with Crippen LogP contribution in [0.25, 0.3) is 0 Å². The lowest BCUT2D eigenvalue weighted by molar-refractivity contribution is 0.416. The first kappa shape index (κ1) is 16.3. The quantitative estimate of drug-likeness (QED) is 0.651. The number of pyridine rings is 1. The predicted molar refractivity (Wildman–Crippen MR) is 99.5 cm³/mol. The standard InChI is InChI=1S/C18H14Cl2NOP/c1-22-17-12-21-9-8-18(17)23(15-6-2-4-13(19)10-15)16-7-3-5-14(20)11-16/h2-12H,1H3. The summed E-state index contributed by atoms with van der Waals surface area (Å²) in [4.78, 5) is 4.15. The summed E-state index contributed by atoms with van der Waals surface area (Å²) in [6.45, 7) is 0. The number of hydrogen-bond donors (Lipinski definition) is 0. The molecule has 0 fully saturated rings. The van der Waals surface area contributed by atoms with Crippen LogP contribution in [0.15, 0.2) is 67.0 Å². The summed E-state index contributed by atoms with van der Waals surface area (Å²) in [5.74, 6) is 0.763. The first-order valence-corrected chi connectivity index (χ1v) is 9.08. The van der Waals surface area contributed by atoms with E-state index in [1.807, 2.05) is 42.5 Å². The Morgan fingerprint density at radius 3 is 2.04 bits per heavy atom. The second kappa shape index (κ2) is 7.31. The van der Waals surface area contributed by atoms with Crippen molar-refractivity contribution >= 4 is 47.0 Å². The number of benzene rings is 2. The maximum Gasteiger partial charge on any atom is 0.145 e. The lowest BCUT2D eigenvalue weighted by Gasteiger charge is -2.21. The molecule has 0 aliphatic rings. The molecule has 2 nitrogen and oxygen atoms in total. The van der Waals surface area contributed by atoms with Crippen molar-refractivity contribution in [2.45, 2.75) is 0 Å². The summed E-state index contributed by atoms with van der Waals surface area (Å²) >= 11 is 12.4. The largest absolute Gasteiger partial charge is 0.494 e. The molecule has 0 saturated carbocycles. The molecule has 23 heavy (non-hydrogen) atoms. The number of halogens is 2. The predicted octanol–water partition coefficient (Wildman–Crippen LogP) is 4.16. The van der Waals surface area contributed by atoms with Gasteiger partial charge in [0.2, 0.25) is 0 Å². The fourth-order valence-corrected chi connectivity index (χ4v) is 5.35. The van der Waals surface area contributed by atoms with Gasteiger partial charge in [0, 0.05) is 21.5 Å². The fraction of sp³-hybridized carbons (Fsp3) is 0.0556. The van der Waals surface area contributed by atoms with Crippen molar-refractivity contribution in [3.8, 4) is 5.75 Å². The van der Waals surface area contributed by atoms with Crippen molar-refractivity contribution in [3.05, 3.63) is 77.0 Å². The summed E-state index contributed by atoms with van der Waals surface area (Å²) in [5.41, 5.74) is 0. The monoisotopic (exact) mass is 361 g/mol. The minimum Gasteiger partial charge on any atom is -0.494 e. The Morgan fingerprint density at radius 2 is 1.52 bits per heavy atom. The van der Waals surface area contributed by atoms with Crippen LogP contribution < -0.4 is 20.7 Å². The fourth-order valence-electron chi connectivity index (χ4n) is 2.37. The molecule has 0 unspecified atom stereocenters. The molecule has 0 saturated heterocycles. The number of hydrogen-bond acceptors (Lipinski definition) is 2. The van der Waals surface area contributed by atoms with E-state index in [4.69, 9.17) is 27.9 Å². The third-order valence-electron chi connectivity index (χ3n) is 3.36. The molecule has 1 aromatic heterocycles. The van der Waals surface area contributed by atoms with Gasteiger partial charge >= 0.3 is 0 Å². The van der Waals surface area contributed by atoms with Crippen LogP contribution in [-0.2, 0) is 0 Å². The second-order valence-corrected chi connectivity index (χ2v) is 7.90. The number of nitrogens with zero attached hydrogens (tertiary/aromatic N) is 1. The molecule has 1 heterocycles. The minimum absolute atomic E-state index is 0.713. The van der Waals surface area contributed by atoms with Crippen LogP contribution >= 0.6 is 31.1 Å². The molecule has 0 N–H and O–H groups in total. The van der Waals surface area contributed by atoms with E-state index in [0.29, 0.717) is 10.0 Å². The van der Waals surface area contributed by atoms with E-state index in [-0.39, 0.29) is 0 Å². The van der Waals surface area contributed by atoms with Gasteiger partial charge in [-0.25, -0.2) is 0 Å². The first-order valence-electron chi connectivity index (χ1n) is 6.98. The van der Waals surface area contributed by atoms with Gasteiger partial charge in [0.1, 0.15) is 5.75 Å². The van der Waals surface area contributed by atoms with Gasteiger partial charge in [0.25, 0.3) is 0 Å². The summed E-state index contributed by atoms with van der Waals surface area (Å²) in [6.07, 6.45) is 3.52. The minimum atomic E-state index is -0.839. The molecular weight excluding hydrogens is 348 g/mol. The summed E-state index contributed by atoms with van der Waals surface area (Å²) in [6, 6.07) is 17.8. The number of rotatable bonds is 4. The Balaban J connectivity index is 2.22. The highest BCUT2D eigenvalue weighted by molar-refractivity contribution is 7.80. The Labute approximate surface area is 146 Å². The van der Waals surface area contributed by atoms with Crippen molar-refractivity contribution in [3.63, 3.8) is 0 Å². The zero-order valence-corrected chi connectivity index (χ0v) is 14.8. The zero-order valence-electron chi connectivity index (χ0n) is 12.4. The van der Waals surface area contributed by atoms with Crippen LogP contribution in [0, 0.1) is 0 Å². The Kier molecular flexibility index (Phi) is 5.17. The molecule has 0 radical (unpaired) electrons. The number of aromatic nitrogens is 1. The highest BCUT2D eigenvalue weighted by Gasteiger charge is 2.20. The molecular formula is C18H14Cl2NOP.